The van der Waals surface area contributed by atoms with Crippen molar-refractivity contribution in [2.45, 2.75) is 39.4 Å². The van der Waals surface area contributed by atoms with E-state index in [1.54, 1.807) is 0 Å². The molecule has 0 aliphatic carbocycles. The van der Waals surface area contributed by atoms with Crippen LogP contribution in [0.25, 0.3) is 11.4 Å². The summed E-state index contributed by atoms with van der Waals surface area (Å²) in [7, 11) is 0. The SMILES string of the molecule is Cc1nccn1Cc1ccc(CNC(=O)C2CCN(Cc3nc(-c4ccccc4Cl)no3)CC2)cc1. The zero-order valence-electron chi connectivity index (χ0n) is 20.2. The van der Waals surface area contributed by atoms with Crippen molar-refractivity contribution in [2.24, 2.45) is 5.92 Å². The smallest absolute Gasteiger partial charge is 0.241 e. The summed E-state index contributed by atoms with van der Waals surface area (Å²) < 4.78 is 7.55. The van der Waals surface area contributed by atoms with E-state index >= 15 is 0 Å². The van der Waals surface area contributed by atoms with Crippen molar-refractivity contribution in [3.05, 3.63) is 88.8 Å². The van der Waals surface area contributed by atoms with Gasteiger partial charge in [-0.15, -0.1) is 0 Å². The van der Waals surface area contributed by atoms with Gasteiger partial charge in [-0.3, -0.25) is 9.69 Å². The van der Waals surface area contributed by atoms with E-state index in [0.29, 0.717) is 29.8 Å². The van der Waals surface area contributed by atoms with Gasteiger partial charge in [-0.2, -0.15) is 4.98 Å². The van der Waals surface area contributed by atoms with E-state index in [9.17, 15) is 4.79 Å². The lowest BCUT2D eigenvalue weighted by Crippen LogP contribution is -2.40. The molecule has 2 aromatic heterocycles. The highest BCUT2D eigenvalue weighted by Gasteiger charge is 2.26. The Hall–Kier alpha value is -3.49. The monoisotopic (exact) mass is 504 g/mol. The zero-order chi connectivity index (χ0) is 24.9. The van der Waals surface area contributed by atoms with Crippen LogP contribution in [-0.2, 0) is 24.4 Å². The van der Waals surface area contributed by atoms with E-state index in [0.717, 1.165) is 49.4 Å². The molecule has 36 heavy (non-hydrogen) atoms. The summed E-state index contributed by atoms with van der Waals surface area (Å²) in [5, 5.41) is 7.77. The number of halogens is 1. The van der Waals surface area contributed by atoms with Gasteiger partial charge in [-0.25, -0.2) is 4.98 Å². The van der Waals surface area contributed by atoms with Gasteiger partial charge in [-0.05, 0) is 56.1 Å². The average molecular weight is 505 g/mol. The fourth-order valence-electron chi connectivity index (χ4n) is 4.48. The van der Waals surface area contributed by atoms with E-state index in [1.807, 2.05) is 43.6 Å². The lowest BCUT2D eigenvalue weighted by molar-refractivity contribution is -0.126. The molecule has 0 radical (unpaired) electrons. The molecule has 0 saturated carbocycles. The van der Waals surface area contributed by atoms with Crippen LogP contribution < -0.4 is 5.32 Å². The molecular weight excluding hydrogens is 476 g/mol. The van der Waals surface area contributed by atoms with Gasteiger partial charge >= 0.3 is 0 Å². The highest BCUT2D eigenvalue weighted by Crippen LogP contribution is 2.26. The second-order valence-electron chi connectivity index (χ2n) is 9.18. The van der Waals surface area contributed by atoms with Crippen LogP contribution in [0.1, 0.15) is 35.7 Å². The Balaban J connectivity index is 1.06. The molecule has 3 heterocycles. The highest BCUT2D eigenvalue weighted by atomic mass is 35.5. The van der Waals surface area contributed by atoms with Crippen molar-refractivity contribution < 1.29 is 9.32 Å². The van der Waals surface area contributed by atoms with E-state index in [1.165, 1.54) is 5.56 Å². The molecule has 4 aromatic rings. The first-order valence-corrected chi connectivity index (χ1v) is 12.6. The fourth-order valence-corrected chi connectivity index (χ4v) is 4.70. The van der Waals surface area contributed by atoms with Crippen molar-refractivity contribution in [3.63, 3.8) is 0 Å². The molecule has 186 valence electrons. The fraction of sp³-hybridized carbons (Fsp3) is 0.333. The predicted molar refractivity (Wildman–Crippen MR) is 137 cm³/mol. The van der Waals surface area contributed by atoms with Crippen LogP contribution >= 0.6 is 11.6 Å². The van der Waals surface area contributed by atoms with E-state index < -0.39 is 0 Å². The molecule has 0 bridgehead atoms. The van der Waals surface area contributed by atoms with Crippen LogP contribution in [0.15, 0.2) is 65.4 Å². The number of nitrogens with one attached hydrogen (secondary N) is 1. The molecule has 1 N–H and O–H groups in total. The molecule has 1 aliphatic heterocycles. The Bertz CT molecular complexity index is 1310. The summed E-state index contributed by atoms with van der Waals surface area (Å²) in [5.74, 6) is 2.18. The number of carbonyl (C=O) groups excluding carboxylic acids is 1. The van der Waals surface area contributed by atoms with Crippen molar-refractivity contribution in [2.75, 3.05) is 13.1 Å². The minimum atomic E-state index is 0.0195. The van der Waals surface area contributed by atoms with Gasteiger partial charge in [0.15, 0.2) is 0 Å². The Kier molecular flexibility index (Phi) is 7.44. The van der Waals surface area contributed by atoms with E-state index in [4.69, 9.17) is 16.1 Å². The maximum absolute atomic E-state index is 12.8. The van der Waals surface area contributed by atoms with Gasteiger partial charge < -0.3 is 14.4 Å². The van der Waals surface area contributed by atoms with Crippen LogP contribution in [0.3, 0.4) is 0 Å². The molecule has 0 spiro atoms. The van der Waals surface area contributed by atoms with Crippen LogP contribution in [0, 0.1) is 12.8 Å². The van der Waals surface area contributed by atoms with E-state index in [-0.39, 0.29) is 11.8 Å². The van der Waals surface area contributed by atoms with Crippen LogP contribution in [0.2, 0.25) is 5.02 Å². The van der Waals surface area contributed by atoms with Gasteiger partial charge in [0.1, 0.15) is 5.82 Å². The highest BCUT2D eigenvalue weighted by molar-refractivity contribution is 6.33. The molecule has 1 aliphatic rings. The first-order valence-electron chi connectivity index (χ1n) is 12.2. The van der Waals surface area contributed by atoms with Gasteiger partial charge in [0.05, 0.1) is 11.6 Å². The van der Waals surface area contributed by atoms with Crippen LogP contribution in [-0.4, -0.2) is 43.6 Å². The third-order valence-electron chi connectivity index (χ3n) is 6.67. The first-order chi connectivity index (χ1) is 17.5. The third-order valence-corrected chi connectivity index (χ3v) is 7.00. The summed E-state index contributed by atoms with van der Waals surface area (Å²) in [4.78, 5) is 23.8. The van der Waals surface area contributed by atoms with Crippen LogP contribution in [0.4, 0.5) is 0 Å². The molecule has 0 unspecified atom stereocenters. The molecule has 1 saturated heterocycles. The molecule has 1 fully saturated rings. The minimum Gasteiger partial charge on any atom is -0.352 e. The van der Waals surface area contributed by atoms with Crippen molar-refractivity contribution in [1.29, 1.82) is 0 Å². The lowest BCUT2D eigenvalue weighted by Gasteiger charge is -2.30. The number of hydrogen-bond acceptors (Lipinski definition) is 6. The standard InChI is InChI=1S/C27H29ClN6O2/c1-19-29-12-15-34(19)17-21-8-6-20(7-9-21)16-30-27(35)22-10-13-33(14-11-22)18-25-31-26(32-36-25)23-4-2-3-5-24(23)28/h2-9,12,15,22H,10-11,13-14,16-18H2,1H3,(H,30,35). The second-order valence-corrected chi connectivity index (χ2v) is 9.59. The van der Waals surface area contributed by atoms with Gasteiger partial charge in [-0.1, -0.05) is 53.2 Å². The maximum Gasteiger partial charge on any atom is 0.241 e. The predicted octanol–water partition coefficient (Wildman–Crippen LogP) is 4.47. The van der Waals surface area contributed by atoms with Gasteiger partial charge in [0, 0.05) is 37.0 Å². The minimum absolute atomic E-state index is 0.0195. The summed E-state index contributed by atoms with van der Waals surface area (Å²) in [5.41, 5.74) is 3.06. The molecule has 1 amide bonds. The van der Waals surface area contributed by atoms with Gasteiger partial charge in [0.2, 0.25) is 17.6 Å². The number of amides is 1. The maximum atomic E-state index is 12.8. The number of aryl methyl sites for hydroxylation is 1. The average Bonchev–Trinajstić information content (AvgIpc) is 3.53. The number of imidazole rings is 1. The van der Waals surface area contributed by atoms with Gasteiger partial charge in [0.25, 0.3) is 0 Å². The zero-order valence-corrected chi connectivity index (χ0v) is 21.0. The number of likely N-dealkylation sites (tertiary alicyclic amines) is 1. The Labute approximate surface area is 215 Å². The summed E-state index contributed by atoms with van der Waals surface area (Å²) in [6.07, 6.45) is 5.41. The number of piperidine rings is 1. The Morgan fingerprint density at radius 2 is 1.83 bits per heavy atom. The number of carbonyl (C=O) groups is 1. The quantitative estimate of drug-likeness (QED) is 0.381. The third kappa shape index (κ3) is 5.83. The molecule has 2 aromatic carbocycles. The van der Waals surface area contributed by atoms with Crippen LogP contribution in [0.5, 0.6) is 0 Å². The largest absolute Gasteiger partial charge is 0.352 e. The number of benzene rings is 2. The molecule has 8 nitrogen and oxygen atoms in total. The van der Waals surface area contributed by atoms with E-state index in [2.05, 4.69) is 54.2 Å². The second kappa shape index (κ2) is 11.1. The molecule has 0 atom stereocenters. The topological polar surface area (TPSA) is 89.1 Å². The Morgan fingerprint density at radius 1 is 1.08 bits per heavy atom. The lowest BCUT2D eigenvalue weighted by atomic mass is 9.96. The Morgan fingerprint density at radius 3 is 2.56 bits per heavy atom. The van der Waals surface area contributed by atoms with Crippen molar-refractivity contribution >= 4 is 17.5 Å². The molecular formula is C27H29ClN6O2. The normalized spacial score (nSPS) is 14.7. The number of aromatic nitrogens is 4. The first kappa shape index (κ1) is 24.2. The number of nitrogens with zero attached hydrogens (tertiary/aromatic N) is 5. The van der Waals surface area contributed by atoms with Crippen molar-refractivity contribution in [3.8, 4) is 11.4 Å². The molecule has 5 rings (SSSR count). The summed E-state index contributed by atoms with van der Waals surface area (Å²) in [6, 6.07) is 15.8. The molecule has 9 heteroatoms. The summed E-state index contributed by atoms with van der Waals surface area (Å²) >= 11 is 6.24. The number of rotatable bonds is 8. The van der Waals surface area contributed by atoms with Crippen molar-refractivity contribution in [1.82, 2.24) is 29.9 Å². The summed E-state index contributed by atoms with van der Waals surface area (Å²) in [6.45, 7) is 5.51. The number of hydrogen-bond donors (Lipinski definition) is 1.